The second-order valence-electron chi connectivity index (χ2n) is 10.6. The third-order valence-electron chi connectivity index (χ3n) is 8.08. The molecular formula is C26H39ClN4O3S. The summed E-state index contributed by atoms with van der Waals surface area (Å²) in [6.45, 7) is -0.161. The van der Waals surface area contributed by atoms with E-state index in [0.717, 1.165) is 30.6 Å². The van der Waals surface area contributed by atoms with Crippen LogP contribution in [0.3, 0.4) is 0 Å². The van der Waals surface area contributed by atoms with Gasteiger partial charge < -0.3 is 21.7 Å². The molecule has 4 bridgehead atoms. The molecule has 1 aromatic carbocycles. The summed E-state index contributed by atoms with van der Waals surface area (Å²) in [5, 5.41) is 2.74. The standard InChI is InChI=1S/C26H38N4O3S.ClH/c1-34-8-7-21(27)25(33)29-16-23(31)30(22(24(28)32)12-17-5-3-2-4-6-17)26-13-18-9-19(14-26)11-20(10-18)15-26;/h2-6,18-22H,7-16,27H2,1H3,(H2,28,32)(H,29,33);1H/t18?,19?,20?,21-,22+,26?;/m1./s1. The predicted octanol–water partition coefficient (Wildman–Crippen LogP) is 2.50. The van der Waals surface area contributed by atoms with Crippen LogP contribution < -0.4 is 16.8 Å². The van der Waals surface area contributed by atoms with E-state index in [0.29, 0.717) is 30.6 Å². The maximum atomic E-state index is 13.8. The summed E-state index contributed by atoms with van der Waals surface area (Å²) in [5.74, 6) is 1.53. The van der Waals surface area contributed by atoms with E-state index in [1.165, 1.54) is 19.3 Å². The lowest BCUT2D eigenvalue weighted by Crippen LogP contribution is -2.67. The van der Waals surface area contributed by atoms with Crippen LogP contribution in [0.25, 0.3) is 0 Å². The highest BCUT2D eigenvalue weighted by molar-refractivity contribution is 7.98. The lowest BCUT2D eigenvalue weighted by molar-refractivity contribution is -0.161. The average Bonchev–Trinajstić information content (AvgIpc) is 2.80. The van der Waals surface area contributed by atoms with Crippen LogP contribution in [0, 0.1) is 17.8 Å². The van der Waals surface area contributed by atoms with Crippen LogP contribution in [0.2, 0.25) is 0 Å². The van der Waals surface area contributed by atoms with E-state index in [1.807, 2.05) is 36.6 Å². The Morgan fingerprint density at radius 1 is 1.09 bits per heavy atom. The van der Waals surface area contributed by atoms with Gasteiger partial charge in [-0.2, -0.15) is 11.8 Å². The molecule has 4 aliphatic carbocycles. The maximum absolute atomic E-state index is 13.8. The van der Waals surface area contributed by atoms with Crippen molar-refractivity contribution >= 4 is 41.9 Å². The van der Waals surface area contributed by atoms with Crippen molar-refractivity contribution in [3.8, 4) is 0 Å². The monoisotopic (exact) mass is 522 g/mol. The summed E-state index contributed by atoms with van der Waals surface area (Å²) in [5.41, 5.74) is 12.6. The number of rotatable bonds is 11. The van der Waals surface area contributed by atoms with Gasteiger partial charge in [-0.3, -0.25) is 14.4 Å². The Labute approximate surface area is 218 Å². The smallest absolute Gasteiger partial charge is 0.243 e. The molecule has 3 amide bonds. The van der Waals surface area contributed by atoms with E-state index in [4.69, 9.17) is 11.5 Å². The largest absolute Gasteiger partial charge is 0.368 e. The molecule has 194 valence electrons. The van der Waals surface area contributed by atoms with Crippen molar-refractivity contribution in [3.63, 3.8) is 0 Å². The summed E-state index contributed by atoms with van der Waals surface area (Å²) in [6, 6.07) is 8.33. The number of halogens is 1. The number of hydrogen-bond donors (Lipinski definition) is 3. The van der Waals surface area contributed by atoms with Gasteiger partial charge in [0.25, 0.3) is 0 Å². The molecule has 0 radical (unpaired) electrons. The number of nitrogens with two attached hydrogens (primary N) is 2. The Bertz CT molecular complexity index is 865. The Morgan fingerprint density at radius 3 is 2.17 bits per heavy atom. The van der Waals surface area contributed by atoms with Gasteiger partial charge in [0.1, 0.15) is 6.04 Å². The molecular weight excluding hydrogens is 484 g/mol. The molecule has 35 heavy (non-hydrogen) atoms. The molecule has 5 rings (SSSR count). The quantitative estimate of drug-likeness (QED) is 0.412. The van der Waals surface area contributed by atoms with Gasteiger partial charge in [0, 0.05) is 12.0 Å². The molecule has 4 aliphatic rings. The van der Waals surface area contributed by atoms with Gasteiger partial charge in [0.2, 0.25) is 17.7 Å². The van der Waals surface area contributed by atoms with E-state index in [1.54, 1.807) is 16.7 Å². The lowest BCUT2D eigenvalue weighted by atomic mass is 9.52. The van der Waals surface area contributed by atoms with Crippen LogP contribution in [0.4, 0.5) is 0 Å². The number of nitrogens with one attached hydrogen (secondary N) is 1. The number of primary amides is 1. The fraction of sp³-hybridized carbons (Fsp3) is 0.654. The average molecular weight is 523 g/mol. The topological polar surface area (TPSA) is 119 Å². The zero-order valence-electron chi connectivity index (χ0n) is 20.5. The van der Waals surface area contributed by atoms with E-state index in [2.05, 4.69) is 5.32 Å². The molecule has 0 unspecified atom stereocenters. The summed E-state index contributed by atoms with van der Waals surface area (Å²) >= 11 is 1.63. The summed E-state index contributed by atoms with van der Waals surface area (Å²) in [4.78, 5) is 40.9. The molecule has 1 aromatic rings. The van der Waals surface area contributed by atoms with Crippen LogP contribution in [0.1, 0.15) is 50.5 Å². The van der Waals surface area contributed by atoms with E-state index < -0.39 is 18.0 Å². The van der Waals surface area contributed by atoms with Crippen molar-refractivity contribution in [1.82, 2.24) is 10.2 Å². The molecule has 0 aromatic heterocycles. The first-order chi connectivity index (χ1) is 16.3. The zero-order valence-corrected chi connectivity index (χ0v) is 22.1. The number of nitrogens with zero attached hydrogens (tertiary/aromatic N) is 1. The highest BCUT2D eigenvalue weighted by Crippen LogP contribution is 2.58. The summed E-state index contributed by atoms with van der Waals surface area (Å²) in [7, 11) is 0. The molecule has 9 heteroatoms. The van der Waals surface area contributed by atoms with Gasteiger partial charge in [-0.05, 0) is 80.3 Å². The molecule has 2 atom stereocenters. The van der Waals surface area contributed by atoms with Crippen molar-refractivity contribution in [2.24, 2.45) is 29.2 Å². The number of carbonyl (C=O) groups excluding carboxylic acids is 3. The molecule has 7 nitrogen and oxygen atoms in total. The third kappa shape index (κ3) is 6.33. The lowest BCUT2D eigenvalue weighted by Gasteiger charge is -2.61. The van der Waals surface area contributed by atoms with Gasteiger partial charge in [-0.25, -0.2) is 0 Å². The van der Waals surface area contributed by atoms with Crippen molar-refractivity contribution in [1.29, 1.82) is 0 Å². The summed E-state index contributed by atoms with van der Waals surface area (Å²) in [6.07, 6.45) is 9.34. The maximum Gasteiger partial charge on any atom is 0.243 e. The minimum Gasteiger partial charge on any atom is -0.368 e. The third-order valence-corrected chi connectivity index (χ3v) is 8.73. The van der Waals surface area contributed by atoms with Crippen LogP contribution in [-0.2, 0) is 20.8 Å². The molecule has 4 fully saturated rings. The SMILES string of the molecule is CSCC[C@@H](N)C(=O)NCC(=O)N([C@@H](Cc1ccccc1)C(N)=O)C12CC3CC(CC(C3)C1)C2.Cl. The molecule has 0 aliphatic heterocycles. The zero-order chi connectivity index (χ0) is 24.3. The first kappa shape index (κ1) is 27.8. The number of carbonyl (C=O) groups is 3. The minimum absolute atomic E-state index is 0. The number of thioether (sulfide) groups is 1. The molecule has 0 spiro atoms. The van der Waals surface area contributed by atoms with Gasteiger partial charge in [0.15, 0.2) is 0 Å². The Hall–Kier alpha value is -1.77. The van der Waals surface area contributed by atoms with Crippen molar-refractivity contribution in [3.05, 3.63) is 35.9 Å². The number of amides is 3. The van der Waals surface area contributed by atoms with Gasteiger partial charge in [-0.15, -0.1) is 12.4 Å². The van der Waals surface area contributed by atoms with Crippen LogP contribution in [0.5, 0.6) is 0 Å². The Morgan fingerprint density at radius 2 is 1.66 bits per heavy atom. The van der Waals surface area contributed by atoms with Gasteiger partial charge in [0.05, 0.1) is 12.6 Å². The van der Waals surface area contributed by atoms with Crippen molar-refractivity contribution in [2.75, 3.05) is 18.6 Å². The molecule has 0 heterocycles. The second kappa shape index (κ2) is 12.0. The van der Waals surface area contributed by atoms with Crippen molar-refractivity contribution in [2.45, 2.75) is 69.0 Å². The second-order valence-corrected chi connectivity index (χ2v) is 11.6. The van der Waals surface area contributed by atoms with E-state index in [-0.39, 0.29) is 36.3 Å². The first-order valence-electron chi connectivity index (χ1n) is 12.5. The van der Waals surface area contributed by atoms with Gasteiger partial charge >= 0.3 is 0 Å². The Kier molecular flexibility index (Phi) is 9.52. The van der Waals surface area contributed by atoms with Gasteiger partial charge in [-0.1, -0.05) is 30.3 Å². The molecule has 5 N–H and O–H groups in total. The van der Waals surface area contributed by atoms with E-state index in [9.17, 15) is 14.4 Å². The number of hydrogen-bond acceptors (Lipinski definition) is 5. The highest BCUT2D eigenvalue weighted by atomic mass is 35.5. The van der Waals surface area contributed by atoms with Crippen LogP contribution >= 0.6 is 24.2 Å². The predicted molar refractivity (Wildman–Crippen MR) is 142 cm³/mol. The fourth-order valence-electron chi connectivity index (χ4n) is 7.04. The Balaban J connectivity index is 0.00000342. The highest BCUT2D eigenvalue weighted by Gasteiger charge is 2.56. The summed E-state index contributed by atoms with van der Waals surface area (Å²) < 4.78 is 0. The van der Waals surface area contributed by atoms with Crippen LogP contribution in [-0.4, -0.2) is 58.8 Å². The fourth-order valence-corrected chi connectivity index (χ4v) is 7.53. The molecule has 0 saturated heterocycles. The van der Waals surface area contributed by atoms with Crippen LogP contribution in [0.15, 0.2) is 30.3 Å². The first-order valence-corrected chi connectivity index (χ1v) is 13.9. The normalized spacial score (nSPS) is 28.0. The van der Waals surface area contributed by atoms with E-state index >= 15 is 0 Å². The minimum atomic E-state index is -0.742. The molecule has 4 saturated carbocycles. The van der Waals surface area contributed by atoms with Crippen molar-refractivity contribution < 1.29 is 14.4 Å². The number of benzene rings is 1.